The molecule has 0 atom stereocenters. The Kier molecular flexibility index (Phi) is 7.61. The van der Waals surface area contributed by atoms with Crippen molar-refractivity contribution in [3.8, 4) is 0 Å². The first-order valence-electron chi connectivity index (χ1n) is 10.2. The lowest BCUT2D eigenvalue weighted by Gasteiger charge is -2.32. The molecule has 1 aliphatic heterocycles. The molecule has 0 radical (unpaired) electrons. The van der Waals surface area contributed by atoms with E-state index in [1.54, 1.807) is 20.0 Å². The number of hydrogen-bond acceptors (Lipinski definition) is 3. The molecule has 0 spiro atoms. The molecule has 5 nitrogen and oxygen atoms in total. The Balaban J connectivity index is 1.44. The predicted octanol–water partition coefficient (Wildman–Crippen LogP) is 2.75. The van der Waals surface area contributed by atoms with E-state index in [0.29, 0.717) is 18.7 Å². The highest BCUT2D eigenvalue weighted by molar-refractivity contribution is 5.79. The van der Waals surface area contributed by atoms with Crippen molar-refractivity contribution >= 4 is 5.96 Å². The van der Waals surface area contributed by atoms with Crippen molar-refractivity contribution in [2.24, 2.45) is 4.99 Å². The molecule has 3 rings (SSSR count). The van der Waals surface area contributed by atoms with Crippen molar-refractivity contribution in [1.29, 1.82) is 0 Å². The van der Waals surface area contributed by atoms with Gasteiger partial charge in [-0.25, -0.2) is 4.39 Å². The smallest absolute Gasteiger partial charge is 0.191 e. The van der Waals surface area contributed by atoms with Gasteiger partial charge in [-0.3, -0.25) is 9.89 Å². The molecule has 1 heterocycles. The minimum absolute atomic E-state index is 0.174. The second-order valence-electron chi connectivity index (χ2n) is 7.76. The third-order valence-corrected chi connectivity index (χ3v) is 5.39. The van der Waals surface area contributed by atoms with Gasteiger partial charge in [0.2, 0.25) is 0 Å². The molecular weight excluding hydrogens is 365 g/mol. The lowest BCUT2D eigenvalue weighted by atomic mass is 10.1. The molecule has 0 saturated carbocycles. The summed E-state index contributed by atoms with van der Waals surface area (Å²) in [6.07, 6.45) is 0. The molecule has 1 fully saturated rings. The number of likely N-dealkylation sites (N-methyl/N-ethyl adjacent to an activating group) is 1. The SMILES string of the molecule is CN=C(NCc1ccc(CN2CCN(C)CC2)cc1)NCc1ccc(F)c(C)c1. The van der Waals surface area contributed by atoms with E-state index >= 15 is 0 Å². The van der Waals surface area contributed by atoms with Crippen LogP contribution in [0.4, 0.5) is 4.39 Å². The summed E-state index contributed by atoms with van der Waals surface area (Å²) in [4.78, 5) is 9.16. The Bertz CT molecular complexity index is 811. The van der Waals surface area contributed by atoms with E-state index in [2.05, 4.69) is 56.7 Å². The summed E-state index contributed by atoms with van der Waals surface area (Å²) in [6, 6.07) is 13.9. The largest absolute Gasteiger partial charge is 0.352 e. The molecule has 1 aliphatic rings. The fourth-order valence-electron chi connectivity index (χ4n) is 3.44. The summed E-state index contributed by atoms with van der Waals surface area (Å²) >= 11 is 0. The normalized spacial score (nSPS) is 16.1. The minimum atomic E-state index is -0.174. The fraction of sp³-hybridized carbons (Fsp3) is 0.435. The Morgan fingerprint density at radius 3 is 2.14 bits per heavy atom. The molecule has 1 saturated heterocycles. The second-order valence-corrected chi connectivity index (χ2v) is 7.76. The van der Waals surface area contributed by atoms with E-state index in [9.17, 15) is 4.39 Å². The van der Waals surface area contributed by atoms with Crippen LogP contribution in [-0.2, 0) is 19.6 Å². The Hall–Kier alpha value is -2.44. The summed E-state index contributed by atoms with van der Waals surface area (Å²) < 4.78 is 13.4. The van der Waals surface area contributed by atoms with Crippen LogP contribution in [0, 0.1) is 12.7 Å². The average Bonchev–Trinajstić information content (AvgIpc) is 2.73. The summed E-state index contributed by atoms with van der Waals surface area (Å²) in [5.41, 5.74) is 4.25. The van der Waals surface area contributed by atoms with Crippen LogP contribution in [-0.4, -0.2) is 56.0 Å². The zero-order chi connectivity index (χ0) is 20.6. The second kappa shape index (κ2) is 10.4. The number of hydrogen-bond donors (Lipinski definition) is 2. The van der Waals surface area contributed by atoms with Crippen molar-refractivity contribution in [2.45, 2.75) is 26.6 Å². The number of nitrogens with zero attached hydrogens (tertiary/aromatic N) is 3. The first-order chi connectivity index (χ1) is 14.0. The molecule has 2 aromatic rings. The highest BCUT2D eigenvalue weighted by Gasteiger charge is 2.13. The average molecular weight is 398 g/mol. The Morgan fingerprint density at radius 1 is 0.931 bits per heavy atom. The van der Waals surface area contributed by atoms with Gasteiger partial charge in [-0.05, 0) is 42.3 Å². The molecular formula is C23H32FN5. The molecule has 156 valence electrons. The van der Waals surface area contributed by atoms with Crippen molar-refractivity contribution < 1.29 is 4.39 Å². The number of piperazine rings is 1. The third-order valence-electron chi connectivity index (χ3n) is 5.39. The molecule has 0 amide bonds. The highest BCUT2D eigenvalue weighted by Crippen LogP contribution is 2.10. The monoisotopic (exact) mass is 397 g/mol. The number of aliphatic imine (C=N–C) groups is 1. The lowest BCUT2D eigenvalue weighted by Crippen LogP contribution is -2.43. The molecule has 0 unspecified atom stereocenters. The van der Waals surface area contributed by atoms with Crippen LogP contribution in [0.2, 0.25) is 0 Å². The van der Waals surface area contributed by atoms with E-state index in [-0.39, 0.29) is 5.82 Å². The Labute approximate surface area is 173 Å². The maximum atomic E-state index is 13.4. The molecule has 0 aromatic heterocycles. The zero-order valence-corrected chi connectivity index (χ0v) is 17.7. The number of guanidine groups is 1. The van der Waals surface area contributed by atoms with E-state index in [0.717, 1.165) is 44.2 Å². The molecule has 2 N–H and O–H groups in total. The number of nitrogens with one attached hydrogen (secondary N) is 2. The van der Waals surface area contributed by atoms with Crippen molar-refractivity contribution in [3.05, 3.63) is 70.5 Å². The van der Waals surface area contributed by atoms with Gasteiger partial charge >= 0.3 is 0 Å². The van der Waals surface area contributed by atoms with Crippen LogP contribution < -0.4 is 10.6 Å². The number of benzene rings is 2. The van der Waals surface area contributed by atoms with Crippen LogP contribution in [0.1, 0.15) is 22.3 Å². The minimum Gasteiger partial charge on any atom is -0.352 e. The van der Waals surface area contributed by atoms with Gasteiger partial charge in [0.1, 0.15) is 5.82 Å². The standard InChI is InChI=1S/C23H32FN5/c1-18-14-21(8-9-22(18)24)16-27-23(25-2)26-15-19-4-6-20(7-5-19)17-29-12-10-28(3)11-13-29/h4-9,14H,10-13,15-17H2,1-3H3,(H2,25,26,27). The van der Waals surface area contributed by atoms with Gasteiger partial charge in [0.05, 0.1) is 0 Å². The summed E-state index contributed by atoms with van der Waals surface area (Å²) in [5, 5.41) is 6.61. The summed E-state index contributed by atoms with van der Waals surface area (Å²) in [7, 11) is 3.94. The number of halogens is 1. The van der Waals surface area contributed by atoms with Crippen molar-refractivity contribution in [1.82, 2.24) is 20.4 Å². The van der Waals surface area contributed by atoms with Crippen LogP contribution in [0.15, 0.2) is 47.5 Å². The predicted molar refractivity (Wildman–Crippen MR) is 117 cm³/mol. The van der Waals surface area contributed by atoms with E-state index < -0.39 is 0 Å². The van der Waals surface area contributed by atoms with Gasteiger partial charge in [-0.15, -0.1) is 0 Å². The molecule has 2 aromatic carbocycles. The zero-order valence-electron chi connectivity index (χ0n) is 17.7. The van der Waals surface area contributed by atoms with Gasteiger partial charge in [0.25, 0.3) is 0 Å². The van der Waals surface area contributed by atoms with E-state index in [1.807, 2.05) is 6.07 Å². The summed E-state index contributed by atoms with van der Waals surface area (Å²) in [5.74, 6) is 0.556. The van der Waals surface area contributed by atoms with Crippen LogP contribution in [0.3, 0.4) is 0 Å². The maximum absolute atomic E-state index is 13.4. The van der Waals surface area contributed by atoms with Crippen LogP contribution in [0.5, 0.6) is 0 Å². The molecule has 0 bridgehead atoms. The Morgan fingerprint density at radius 2 is 1.52 bits per heavy atom. The molecule has 6 heteroatoms. The van der Waals surface area contributed by atoms with Gasteiger partial charge in [-0.2, -0.15) is 0 Å². The van der Waals surface area contributed by atoms with Gasteiger partial charge < -0.3 is 15.5 Å². The van der Waals surface area contributed by atoms with E-state index in [1.165, 1.54) is 17.2 Å². The molecule has 0 aliphatic carbocycles. The van der Waals surface area contributed by atoms with Gasteiger partial charge in [0.15, 0.2) is 5.96 Å². The van der Waals surface area contributed by atoms with Gasteiger partial charge in [-0.1, -0.05) is 36.4 Å². The first kappa shape index (κ1) is 21.3. The van der Waals surface area contributed by atoms with Crippen molar-refractivity contribution in [2.75, 3.05) is 40.3 Å². The highest BCUT2D eigenvalue weighted by atomic mass is 19.1. The maximum Gasteiger partial charge on any atom is 0.191 e. The summed E-state index contributed by atoms with van der Waals surface area (Å²) in [6.45, 7) is 8.66. The first-order valence-corrected chi connectivity index (χ1v) is 10.2. The quantitative estimate of drug-likeness (QED) is 0.581. The van der Waals surface area contributed by atoms with E-state index in [4.69, 9.17) is 0 Å². The number of aryl methyl sites for hydroxylation is 1. The fourth-order valence-corrected chi connectivity index (χ4v) is 3.44. The van der Waals surface area contributed by atoms with Crippen molar-refractivity contribution in [3.63, 3.8) is 0 Å². The van der Waals surface area contributed by atoms with Gasteiger partial charge in [0, 0.05) is 52.9 Å². The third kappa shape index (κ3) is 6.54. The van der Waals surface area contributed by atoms with Crippen LogP contribution >= 0.6 is 0 Å². The molecule has 29 heavy (non-hydrogen) atoms. The lowest BCUT2D eigenvalue weighted by molar-refractivity contribution is 0.148. The number of rotatable bonds is 6. The topological polar surface area (TPSA) is 42.9 Å². The van der Waals surface area contributed by atoms with Crippen LogP contribution in [0.25, 0.3) is 0 Å².